The predicted molar refractivity (Wildman–Crippen MR) is 124 cm³/mol. The van der Waals surface area contributed by atoms with E-state index >= 15 is 0 Å². The molecule has 31 heavy (non-hydrogen) atoms. The average molecular weight is 418 g/mol. The third kappa shape index (κ3) is 4.88. The molecule has 1 aliphatic heterocycles. The van der Waals surface area contributed by atoms with Gasteiger partial charge in [0.25, 0.3) is 0 Å². The van der Waals surface area contributed by atoms with Crippen molar-refractivity contribution < 1.29 is 9.18 Å². The summed E-state index contributed by atoms with van der Waals surface area (Å²) in [5, 5.41) is 3.10. The minimum absolute atomic E-state index is 0.0389. The van der Waals surface area contributed by atoms with Gasteiger partial charge in [-0.05, 0) is 53.4 Å². The van der Waals surface area contributed by atoms with Gasteiger partial charge in [-0.3, -0.25) is 4.79 Å². The molecule has 160 valence electrons. The largest absolute Gasteiger partial charge is 0.378 e. The van der Waals surface area contributed by atoms with E-state index in [-0.39, 0.29) is 24.2 Å². The number of fused-ring (bicyclic) bond motifs is 1. The molecule has 0 saturated heterocycles. The van der Waals surface area contributed by atoms with Gasteiger partial charge in [0.1, 0.15) is 5.82 Å². The first-order chi connectivity index (χ1) is 15.0. The quantitative estimate of drug-likeness (QED) is 0.621. The van der Waals surface area contributed by atoms with Gasteiger partial charge < -0.3 is 15.1 Å². The van der Waals surface area contributed by atoms with Crippen LogP contribution in [0, 0.1) is 5.82 Å². The molecule has 0 bridgehead atoms. The standard InChI is InChI=1S/C26H28FN3O/c1-29(2)23-13-9-21(10-14-23)25(30-16-15-20-5-3-4-6-24(20)30)18-28-26(31)17-19-7-11-22(27)12-8-19/h3-14,25H,15-18H2,1-2H3,(H,28,31). The lowest BCUT2D eigenvalue weighted by atomic mass is 10.0. The van der Waals surface area contributed by atoms with E-state index in [9.17, 15) is 9.18 Å². The van der Waals surface area contributed by atoms with E-state index in [1.807, 2.05) is 14.1 Å². The van der Waals surface area contributed by atoms with E-state index in [1.54, 1.807) is 12.1 Å². The van der Waals surface area contributed by atoms with E-state index in [1.165, 1.54) is 28.9 Å². The molecule has 5 heteroatoms. The van der Waals surface area contributed by atoms with E-state index in [2.05, 4.69) is 63.6 Å². The Morgan fingerprint density at radius 1 is 1.03 bits per heavy atom. The zero-order valence-electron chi connectivity index (χ0n) is 18.0. The highest BCUT2D eigenvalue weighted by Gasteiger charge is 2.27. The van der Waals surface area contributed by atoms with Gasteiger partial charge >= 0.3 is 0 Å². The molecule has 4 nitrogen and oxygen atoms in total. The molecule has 3 aromatic rings. The number of carbonyl (C=O) groups excluding carboxylic acids is 1. The van der Waals surface area contributed by atoms with Gasteiger partial charge in [0, 0.05) is 38.6 Å². The number of nitrogens with one attached hydrogen (secondary N) is 1. The lowest BCUT2D eigenvalue weighted by Crippen LogP contribution is -2.38. The number of nitrogens with zero attached hydrogens (tertiary/aromatic N) is 2. The molecule has 0 fully saturated rings. The monoisotopic (exact) mass is 417 g/mol. The van der Waals surface area contributed by atoms with Gasteiger partial charge in [-0.2, -0.15) is 0 Å². The minimum atomic E-state index is -0.293. The molecule has 1 N–H and O–H groups in total. The fourth-order valence-electron chi connectivity index (χ4n) is 4.15. The number of para-hydroxylation sites is 1. The minimum Gasteiger partial charge on any atom is -0.378 e. The van der Waals surface area contributed by atoms with Crippen LogP contribution >= 0.6 is 0 Å². The van der Waals surface area contributed by atoms with Crippen molar-refractivity contribution in [1.82, 2.24) is 5.32 Å². The Kier molecular flexibility index (Phi) is 6.21. The highest BCUT2D eigenvalue weighted by Crippen LogP contribution is 2.35. The number of anilines is 2. The molecular formula is C26H28FN3O. The number of halogens is 1. The second-order valence-corrected chi connectivity index (χ2v) is 8.18. The lowest BCUT2D eigenvalue weighted by Gasteiger charge is -2.31. The predicted octanol–water partition coefficient (Wildman–Crippen LogP) is 4.35. The molecule has 1 unspecified atom stereocenters. The average Bonchev–Trinajstić information content (AvgIpc) is 3.20. The summed E-state index contributed by atoms with van der Waals surface area (Å²) in [7, 11) is 4.05. The van der Waals surface area contributed by atoms with Crippen molar-refractivity contribution in [2.45, 2.75) is 18.9 Å². The Balaban J connectivity index is 1.52. The molecular weight excluding hydrogens is 389 g/mol. The summed E-state index contributed by atoms with van der Waals surface area (Å²) >= 11 is 0. The summed E-state index contributed by atoms with van der Waals surface area (Å²) in [4.78, 5) is 17.1. The van der Waals surface area contributed by atoms with Crippen molar-refractivity contribution in [2.24, 2.45) is 0 Å². The van der Waals surface area contributed by atoms with Crippen molar-refractivity contribution in [3.8, 4) is 0 Å². The van der Waals surface area contributed by atoms with Crippen molar-refractivity contribution >= 4 is 17.3 Å². The third-order valence-corrected chi connectivity index (χ3v) is 5.86. The SMILES string of the molecule is CN(C)c1ccc(C(CNC(=O)Cc2ccc(F)cc2)N2CCc3ccccc32)cc1. The Morgan fingerprint density at radius 2 is 1.74 bits per heavy atom. The van der Waals surface area contributed by atoms with E-state index < -0.39 is 0 Å². The molecule has 0 aromatic heterocycles. The molecule has 0 saturated carbocycles. The fourth-order valence-corrected chi connectivity index (χ4v) is 4.15. The molecule has 3 aromatic carbocycles. The van der Waals surface area contributed by atoms with Crippen molar-refractivity contribution in [3.05, 3.63) is 95.3 Å². The van der Waals surface area contributed by atoms with Gasteiger partial charge in [0.2, 0.25) is 5.91 Å². The van der Waals surface area contributed by atoms with Gasteiger partial charge in [-0.1, -0.05) is 42.5 Å². The summed E-state index contributed by atoms with van der Waals surface area (Å²) in [5.41, 5.74) is 5.69. The molecule has 0 aliphatic carbocycles. The van der Waals surface area contributed by atoms with Crippen molar-refractivity contribution in [1.29, 1.82) is 0 Å². The number of carbonyl (C=O) groups is 1. The first kappa shape index (κ1) is 20.9. The molecule has 1 aliphatic rings. The van der Waals surface area contributed by atoms with Crippen LogP contribution in [0.4, 0.5) is 15.8 Å². The highest BCUT2D eigenvalue weighted by molar-refractivity contribution is 5.78. The molecule has 0 spiro atoms. The Morgan fingerprint density at radius 3 is 2.45 bits per heavy atom. The van der Waals surface area contributed by atoms with Crippen LogP contribution < -0.4 is 15.1 Å². The van der Waals surface area contributed by atoms with E-state index in [0.29, 0.717) is 6.54 Å². The summed E-state index contributed by atoms with van der Waals surface area (Å²) in [6.07, 6.45) is 1.25. The topological polar surface area (TPSA) is 35.6 Å². The normalized spacial score (nSPS) is 13.6. The molecule has 0 radical (unpaired) electrons. The van der Waals surface area contributed by atoms with Crippen LogP contribution in [0.25, 0.3) is 0 Å². The third-order valence-electron chi connectivity index (χ3n) is 5.86. The van der Waals surface area contributed by atoms with Gasteiger partial charge in [0.05, 0.1) is 12.5 Å². The maximum Gasteiger partial charge on any atom is 0.224 e. The van der Waals surface area contributed by atoms with Crippen LogP contribution in [0.1, 0.15) is 22.7 Å². The van der Waals surface area contributed by atoms with Gasteiger partial charge in [-0.25, -0.2) is 4.39 Å². The molecule has 4 rings (SSSR count). The van der Waals surface area contributed by atoms with Gasteiger partial charge in [-0.15, -0.1) is 0 Å². The summed E-state index contributed by atoms with van der Waals surface area (Å²) in [6.45, 7) is 1.43. The fraction of sp³-hybridized carbons (Fsp3) is 0.269. The van der Waals surface area contributed by atoms with Crippen LogP contribution in [0.2, 0.25) is 0 Å². The maximum atomic E-state index is 13.1. The summed E-state index contributed by atoms with van der Waals surface area (Å²) in [6, 6.07) is 23.1. The first-order valence-electron chi connectivity index (χ1n) is 10.6. The van der Waals surface area contributed by atoms with Crippen molar-refractivity contribution in [3.63, 3.8) is 0 Å². The number of amides is 1. The van der Waals surface area contributed by atoms with Crippen LogP contribution in [-0.2, 0) is 17.6 Å². The van der Waals surface area contributed by atoms with Gasteiger partial charge in [0.15, 0.2) is 0 Å². The Labute approximate surface area is 183 Å². The van der Waals surface area contributed by atoms with E-state index in [4.69, 9.17) is 0 Å². The number of hydrogen-bond acceptors (Lipinski definition) is 3. The Bertz CT molecular complexity index is 1030. The molecule has 1 amide bonds. The van der Waals surface area contributed by atoms with E-state index in [0.717, 1.165) is 24.2 Å². The molecule has 1 atom stereocenters. The van der Waals surface area contributed by atoms with Crippen LogP contribution in [0.15, 0.2) is 72.8 Å². The highest BCUT2D eigenvalue weighted by atomic mass is 19.1. The summed E-state index contributed by atoms with van der Waals surface area (Å²) in [5.74, 6) is -0.355. The van der Waals surface area contributed by atoms with Crippen LogP contribution in [0.3, 0.4) is 0 Å². The van der Waals surface area contributed by atoms with Crippen LogP contribution in [-0.4, -0.2) is 33.1 Å². The molecule has 1 heterocycles. The first-order valence-corrected chi connectivity index (χ1v) is 10.6. The maximum absolute atomic E-state index is 13.1. The Hall–Kier alpha value is -3.34. The second-order valence-electron chi connectivity index (χ2n) is 8.18. The summed E-state index contributed by atoms with van der Waals surface area (Å²) < 4.78 is 13.1. The smallest absolute Gasteiger partial charge is 0.224 e. The zero-order chi connectivity index (χ0) is 21.8. The lowest BCUT2D eigenvalue weighted by molar-refractivity contribution is -0.120. The zero-order valence-corrected chi connectivity index (χ0v) is 18.0. The number of rotatable bonds is 7. The number of benzene rings is 3. The van der Waals surface area contributed by atoms with Crippen LogP contribution in [0.5, 0.6) is 0 Å². The number of hydrogen-bond donors (Lipinski definition) is 1. The van der Waals surface area contributed by atoms with Crippen molar-refractivity contribution in [2.75, 3.05) is 37.0 Å². The second kappa shape index (κ2) is 9.21.